The Hall–Kier alpha value is -1.06. The van der Waals surface area contributed by atoms with E-state index in [1.165, 1.54) is 11.3 Å². The Morgan fingerprint density at radius 3 is 3.07 bits per heavy atom. The Kier molecular flexibility index (Phi) is 1.19. The van der Waals surface area contributed by atoms with E-state index >= 15 is 0 Å². The lowest BCUT2D eigenvalue weighted by molar-refractivity contribution is 0.0762. The fraction of sp³-hybridized carbons (Fsp3) is 0.500. The molecule has 1 aromatic rings. The van der Waals surface area contributed by atoms with Crippen LogP contribution in [0.3, 0.4) is 0 Å². The molecule has 3 aliphatic rings. The van der Waals surface area contributed by atoms with Gasteiger partial charge in [-0.2, -0.15) is 0 Å². The molecule has 4 unspecified atom stereocenters. The molecule has 15 heavy (non-hydrogen) atoms. The van der Waals surface area contributed by atoms with Crippen molar-refractivity contribution < 1.29 is 4.74 Å². The first-order valence-corrected chi connectivity index (χ1v) is 5.48. The number of hydrogen-bond acceptors (Lipinski definition) is 3. The van der Waals surface area contributed by atoms with Crippen LogP contribution >= 0.6 is 0 Å². The average Bonchev–Trinajstić information content (AvgIpc) is 2.71. The Balaban J connectivity index is 1.85. The number of rotatable bonds is 0. The molecule has 3 aliphatic heterocycles. The number of fused-ring (bicyclic) bond motifs is 5. The largest absolute Gasteiger partial charge is 0.369 e. The summed E-state index contributed by atoms with van der Waals surface area (Å²) in [6.07, 6.45) is 0.801. The van der Waals surface area contributed by atoms with Gasteiger partial charge in [0.15, 0.2) is 0 Å². The van der Waals surface area contributed by atoms with Crippen molar-refractivity contribution in [1.29, 1.82) is 0 Å². The fourth-order valence-electron chi connectivity index (χ4n) is 3.19. The van der Waals surface area contributed by atoms with Crippen molar-refractivity contribution in [2.24, 2.45) is 0 Å². The van der Waals surface area contributed by atoms with E-state index in [0.29, 0.717) is 18.2 Å². The van der Waals surface area contributed by atoms with Crippen molar-refractivity contribution in [1.82, 2.24) is 4.90 Å². The van der Waals surface area contributed by atoms with Gasteiger partial charge in [0.1, 0.15) is 11.8 Å². The molecule has 0 radical (unpaired) electrons. The van der Waals surface area contributed by atoms with Gasteiger partial charge in [0.25, 0.3) is 0 Å². The number of likely N-dealkylation sites (tertiary alicyclic amines) is 1. The van der Waals surface area contributed by atoms with Gasteiger partial charge in [0, 0.05) is 5.69 Å². The molecule has 4 atom stereocenters. The molecule has 2 fully saturated rings. The van der Waals surface area contributed by atoms with Crippen LogP contribution in [-0.2, 0) is 4.74 Å². The lowest BCUT2D eigenvalue weighted by Crippen LogP contribution is -2.40. The van der Waals surface area contributed by atoms with Crippen molar-refractivity contribution in [3.05, 3.63) is 29.8 Å². The number of anilines is 1. The van der Waals surface area contributed by atoms with Crippen LogP contribution in [0.25, 0.3) is 0 Å². The van der Waals surface area contributed by atoms with Crippen molar-refractivity contribution in [2.45, 2.75) is 30.8 Å². The molecule has 0 aliphatic carbocycles. The molecule has 0 saturated carbocycles. The lowest BCUT2D eigenvalue weighted by atomic mass is 9.96. The van der Waals surface area contributed by atoms with E-state index in [2.05, 4.69) is 48.5 Å². The molecule has 3 heteroatoms. The summed E-state index contributed by atoms with van der Waals surface area (Å²) in [5.41, 5.74) is 2.67. The molecule has 0 spiro atoms. The molecule has 1 N–H and O–H groups in total. The molecular formula is C12H14N2O. The zero-order valence-electron chi connectivity index (χ0n) is 8.90. The van der Waals surface area contributed by atoms with Gasteiger partial charge in [-0.3, -0.25) is 4.90 Å². The Bertz CT molecular complexity index is 447. The normalized spacial score (nSPS) is 45.6. The first kappa shape index (κ1) is 8.13. The summed E-state index contributed by atoms with van der Waals surface area (Å²) in [7, 11) is 2.14. The first-order chi connectivity index (χ1) is 7.22. The van der Waals surface area contributed by atoms with E-state index in [-0.39, 0.29) is 5.72 Å². The van der Waals surface area contributed by atoms with E-state index < -0.39 is 0 Å². The average molecular weight is 202 g/mol. The Labute approximate surface area is 89.0 Å². The standard InChI is InChI=1S/C12H14N2O/c1-12-10(15-12)9-7-5-3-4-6-8(7)13-11(9)14(12)2/h3-6,9-11,13H,1-2H3. The molecular weight excluding hydrogens is 188 g/mol. The number of nitrogens with one attached hydrogen (secondary N) is 1. The molecule has 4 rings (SSSR count). The summed E-state index contributed by atoms with van der Waals surface area (Å²) in [5, 5.41) is 3.58. The highest BCUT2D eigenvalue weighted by Crippen LogP contribution is 2.59. The maximum absolute atomic E-state index is 5.81. The maximum Gasteiger partial charge on any atom is 0.148 e. The van der Waals surface area contributed by atoms with Crippen molar-refractivity contribution in [3.8, 4) is 0 Å². The predicted octanol–water partition coefficient (Wildman–Crippen LogP) is 1.58. The van der Waals surface area contributed by atoms with Crippen LogP contribution < -0.4 is 5.32 Å². The van der Waals surface area contributed by atoms with Crippen molar-refractivity contribution >= 4 is 5.69 Å². The van der Waals surface area contributed by atoms with Crippen LogP contribution in [0.2, 0.25) is 0 Å². The summed E-state index contributed by atoms with van der Waals surface area (Å²) in [6, 6.07) is 8.57. The van der Waals surface area contributed by atoms with Gasteiger partial charge in [-0.25, -0.2) is 0 Å². The molecule has 78 valence electrons. The minimum atomic E-state index is -0.0180. The molecule has 3 heterocycles. The summed E-state index contributed by atoms with van der Waals surface area (Å²) >= 11 is 0. The molecule has 0 bridgehead atoms. The Morgan fingerprint density at radius 1 is 1.40 bits per heavy atom. The third kappa shape index (κ3) is 0.767. The van der Waals surface area contributed by atoms with E-state index in [0.717, 1.165) is 0 Å². The number of ether oxygens (including phenoxy) is 1. The SMILES string of the molecule is CN1C2Nc3ccccc3C2C2OC21C. The highest BCUT2D eigenvalue weighted by atomic mass is 16.6. The number of benzene rings is 1. The third-order valence-corrected chi connectivity index (χ3v) is 4.24. The maximum atomic E-state index is 5.81. The van der Waals surface area contributed by atoms with Crippen molar-refractivity contribution in [3.63, 3.8) is 0 Å². The minimum Gasteiger partial charge on any atom is -0.369 e. The number of nitrogens with zero attached hydrogens (tertiary/aromatic N) is 1. The third-order valence-electron chi connectivity index (χ3n) is 4.24. The van der Waals surface area contributed by atoms with E-state index in [1.807, 2.05) is 0 Å². The molecule has 2 saturated heterocycles. The van der Waals surface area contributed by atoms with E-state index in [1.54, 1.807) is 0 Å². The monoisotopic (exact) mass is 202 g/mol. The van der Waals surface area contributed by atoms with Gasteiger partial charge in [0.05, 0.1) is 12.1 Å². The summed E-state index contributed by atoms with van der Waals surface area (Å²) in [5.74, 6) is 0.510. The number of epoxide rings is 1. The van der Waals surface area contributed by atoms with Crippen LogP contribution in [0.15, 0.2) is 24.3 Å². The smallest absolute Gasteiger partial charge is 0.148 e. The molecule has 3 nitrogen and oxygen atoms in total. The van der Waals surface area contributed by atoms with Gasteiger partial charge in [0.2, 0.25) is 0 Å². The highest BCUT2D eigenvalue weighted by molar-refractivity contribution is 5.61. The second kappa shape index (κ2) is 2.20. The minimum absolute atomic E-state index is 0.0180. The summed E-state index contributed by atoms with van der Waals surface area (Å²) in [4.78, 5) is 2.32. The number of hydrogen-bond donors (Lipinski definition) is 1. The number of para-hydroxylation sites is 1. The quantitative estimate of drug-likeness (QED) is 0.647. The number of likely N-dealkylation sites (N-methyl/N-ethyl adjacent to an activating group) is 1. The lowest BCUT2D eigenvalue weighted by Gasteiger charge is -2.26. The van der Waals surface area contributed by atoms with Crippen LogP contribution in [0.5, 0.6) is 0 Å². The zero-order valence-corrected chi connectivity index (χ0v) is 8.90. The van der Waals surface area contributed by atoms with Crippen LogP contribution in [-0.4, -0.2) is 29.9 Å². The first-order valence-electron chi connectivity index (χ1n) is 5.48. The van der Waals surface area contributed by atoms with Crippen LogP contribution in [0, 0.1) is 0 Å². The molecule has 0 amide bonds. The van der Waals surface area contributed by atoms with E-state index in [9.17, 15) is 0 Å². The van der Waals surface area contributed by atoms with Gasteiger partial charge < -0.3 is 10.1 Å². The summed E-state index contributed by atoms with van der Waals surface area (Å²) in [6.45, 7) is 2.18. The predicted molar refractivity (Wildman–Crippen MR) is 57.6 cm³/mol. The van der Waals surface area contributed by atoms with Crippen LogP contribution in [0.1, 0.15) is 18.4 Å². The molecule has 0 aromatic heterocycles. The second-order valence-electron chi connectivity index (χ2n) is 4.91. The van der Waals surface area contributed by atoms with Crippen LogP contribution in [0.4, 0.5) is 5.69 Å². The van der Waals surface area contributed by atoms with Gasteiger partial charge in [-0.15, -0.1) is 0 Å². The van der Waals surface area contributed by atoms with Crippen molar-refractivity contribution in [2.75, 3.05) is 12.4 Å². The fourth-order valence-corrected chi connectivity index (χ4v) is 3.19. The van der Waals surface area contributed by atoms with Gasteiger partial charge >= 0.3 is 0 Å². The second-order valence-corrected chi connectivity index (χ2v) is 4.91. The van der Waals surface area contributed by atoms with E-state index in [4.69, 9.17) is 4.74 Å². The van der Waals surface area contributed by atoms with Gasteiger partial charge in [-0.05, 0) is 25.6 Å². The zero-order chi connectivity index (χ0) is 10.2. The topological polar surface area (TPSA) is 27.8 Å². The van der Waals surface area contributed by atoms with Gasteiger partial charge in [-0.1, -0.05) is 18.2 Å². The highest BCUT2D eigenvalue weighted by Gasteiger charge is 2.70. The Morgan fingerprint density at radius 2 is 2.20 bits per heavy atom. The summed E-state index contributed by atoms with van der Waals surface area (Å²) < 4.78 is 5.81. The molecule has 1 aromatic carbocycles.